The second-order valence-electron chi connectivity index (χ2n) is 5.46. The van der Waals surface area contributed by atoms with Crippen LogP contribution in [0.1, 0.15) is 34.1 Å². The van der Waals surface area contributed by atoms with Crippen LogP contribution in [0.2, 0.25) is 0 Å². The first-order valence-corrected chi connectivity index (χ1v) is 5.72. The molecular formula is C12H23N3. The lowest BCUT2D eigenvalue weighted by atomic mass is 9.93. The van der Waals surface area contributed by atoms with E-state index in [1.165, 1.54) is 0 Å². The summed E-state index contributed by atoms with van der Waals surface area (Å²) >= 11 is 0. The molecule has 1 fully saturated rings. The second-order valence-corrected chi connectivity index (χ2v) is 5.46. The maximum Gasteiger partial charge on any atom is 0.0638 e. The van der Waals surface area contributed by atoms with Gasteiger partial charge in [0, 0.05) is 30.7 Å². The van der Waals surface area contributed by atoms with Crippen molar-refractivity contribution < 1.29 is 0 Å². The number of likely N-dealkylation sites (N-methyl/N-ethyl adjacent to an activating group) is 1. The van der Waals surface area contributed by atoms with Gasteiger partial charge in [-0.1, -0.05) is 0 Å². The molecule has 3 heteroatoms. The fraction of sp³-hybridized carbons (Fsp3) is 0.917. The predicted octanol–water partition coefficient (Wildman–Crippen LogP) is 1.70. The number of piperazine rings is 1. The minimum atomic E-state index is 0.171. The molecule has 1 aliphatic rings. The highest BCUT2D eigenvalue weighted by Crippen LogP contribution is 2.25. The number of nitrogens with zero attached hydrogens (tertiary/aromatic N) is 3. The second kappa shape index (κ2) is 4.51. The van der Waals surface area contributed by atoms with E-state index in [9.17, 15) is 0 Å². The first-order valence-electron chi connectivity index (χ1n) is 5.72. The Hall–Kier alpha value is -0.590. The lowest BCUT2D eigenvalue weighted by Crippen LogP contribution is -2.63. The highest BCUT2D eigenvalue weighted by molar-refractivity contribution is 4.97. The summed E-state index contributed by atoms with van der Waals surface area (Å²) in [5.74, 6) is 0. The van der Waals surface area contributed by atoms with Crippen molar-refractivity contribution in [3.63, 3.8) is 0 Å². The smallest absolute Gasteiger partial charge is 0.0638 e. The third-order valence-corrected chi connectivity index (χ3v) is 3.60. The maximum atomic E-state index is 8.84. The van der Waals surface area contributed by atoms with Crippen LogP contribution in [0.5, 0.6) is 0 Å². The lowest BCUT2D eigenvalue weighted by Gasteiger charge is -2.51. The van der Waals surface area contributed by atoms with Crippen molar-refractivity contribution in [3.8, 4) is 6.07 Å². The summed E-state index contributed by atoms with van der Waals surface area (Å²) in [4.78, 5) is 4.83. The van der Waals surface area contributed by atoms with Crippen molar-refractivity contribution >= 4 is 0 Å². The zero-order valence-corrected chi connectivity index (χ0v) is 10.6. The Labute approximate surface area is 93.7 Å². The number of hydrogen-bond donors (Lipinski definition) is 0. The van der Waals surface area contributed by atoms with Gasteiger partial charge in [0.25, 0.3) is 0 Å². The zero-order chi connectivity index (χ0) is 11.6. The van der Waals surface area contributed by atoms with Gasteiger partial charge in [-0.15, -0.1) is 0 Å². The van der Waals surface area contributed by atoms with E-state index in [0.717, 1.165) is 13.1 Å². The van der Waals surface area contributed by atoms with E-state index >= 15 is 0 Å². The van der Waals surface area contributed by atoms with Gasteiger partial charge in [-0.2, -0.15) is 5.26 Å². The molecule has 0 saturated carbocycles. The van der Waals surface area contributed by atoms with Crippen LogP contribution in [-0.4, -0.2) is 47.6 Å². The Morgan fingerprint density at radius 1 is 1.47 bits per heavy atom. The van der Waals surface area contributed by atoms with Gasteiger partial charge >= 0.3 is 0 Å². The van der Waals surface area contributed by atoms with E-state index in [0.29, 0.717) is 18.5 Å². The minimum absolute atomic E-state index is 0.171. The largest absolute Gasteiger partial charge is 0.298 e. The van der Waals surface area contributed by atoms with E-state index in [1.54, 1.807) is 0 Å². The third-order valence-electron chi connectivity index (χ3n) is 3.60. The fourth-order valence-corrected chi connectivity index (χ4v) is 2.26. The van der Waals surface area contributed by atoms with Crippen LogP contribution in [0, 0.1) is 11.3 Å². The van der Waals surface area contributed by atoms with Crippen LogP contribution in [0.15, 0.2) is 0 Å². The Morgan fingerprint density at radius 2 is 2.07 bits per heavy atom. The molecule has 0 N–H and O–H groups in total. The first-order chi connectivity index (χ1) is 6.88. The SMILES string of the molecule is CC(C)N1CC(CC#N)N(C)C(C)(C)C1. The molecule has 1 saturated heterocycles. The highest BCUT2D eigenvalue weighted by atomic mass is 15.3. The topological polar surface area (TPSA) is 30.3 Å². The van der Waals surface area contributed by atoms with E-state index in [4.69, 9.17) is 5.26 Å². The molecule has 0 amide bonds. The molecule has 0 aromatic heterocycles. The summed E-state index contributed by atoms with van der Waals surface area (Å²) in [6, 6.07) is 3.24. The summed E-state index contributed by atoms with van der Waals surface area (Å²) in [6.07, 6.45) is 0.628. The van der Waals surface area contributed by atoms with Gasteiger partial charge < -0.3 is 0 Å². The maximum absolute atomic E-state index is 8.84. The van der Waals surface area contributed by atoms with Crippen molar-refractivity contribution in [2.24, 2.45) is 0 Å². The van der Waals surface area contributed by atoms with Crippen molar-refractivity contribution in [1.29, 1.82) is 5.26 Å². The van der Waals surface area contributed by atoms with Crippen LogP contribution >= 0.6 is 0 Å². The van der Waals surface area contributed by atoms with Crippen molar-refractivity contribution in [2.45, 2.75) is 51.7 Å². The number of rotatable bonds is 2. The van der Waals surface area contributed by atoms with Gasteiger partial charge in [-0.05, 0) is 34.7 Å². The van der Waals surface area contributed by atoms with Crippen molar-refractivity contribution in [1.82, 2.24) is 9.80 Å². The van der Waals surface area contributed by atoms with Crippen LogP contribution in [-0.2, 0) is 0 Å². The third kappa shape index (κ3) is 2.70. The van der Waals surface area contributed by atoms with Gasteiger partial charge in [0.15, 0.2) is 0 Å². The van der Waals surface area contributed by atoms with Gasteiger partial charge in [0.1, 0.15) is 0 Å². The normalized spacial score (nSPS) is 27.9. The average molecular weight is 209 g/mol. The molecule has 86 valence electrons. The Balaban J connectivity index is 2.78. The van der Waals surface area contributed by atoms with Gasteiger partial charge in [-0.3, -0.25) is 9.80 Å². The van der Waals surface area contributed by atoms with Crippen molar-refractivity contribution in [3.05, 3.63) is 0 Å². The molecule has 0 aromatic carbocycles. The summed E-state index contributed by atoms with van der Waals surface area (Å²) in [6.45, 7) is 11.1. The summed E-state index contributed by atoms with van der Waals surface area (Å²) in [7, 11) is 2.14. The monoisotopic (exact) mass is 209 g/mol. The van der Waals surface area contributed by atoms with Gasteiger partial charge in [0.2, 0.25) is 0 Å². The Bertz CT molecular complexity index is 252. The molecule has 0 aromatic rings. The quantitative estimate of drug-likeness (QED) is 0.693. The number of hydrogen-bond acceptors (Lipinski definition) is 3. The van der Waals surface area contributed by atoms with Gasteiger partial charge in [0.05, 0.1) is 12.5 Å². The zero-order valence-electron chi connectivity index (χ0n) is 10.6. The molecule has 0 aliphatic carbocycles. The Morgan fingerprint density at radius 3 is 2.53 bits per heavy atom. The van der Waals surface area contributed by atoms with E-state index in [1.807, 2.05) is 0 Å². The fourth-order valence-electron chi connectivity index (χ4n) is 2.26. The molecule has 1 heterocycles. The Kier molecular flexibility index (Phi) is 3.75. The molecule has 0 spiro atoms. The molecular weight excluding hydrogens is 186 g/mol. The first kappa shape index (κ1) is 12.5. The molecule has 3 nitrogen and oxygen atoms in total. The number of nitriles is 1. The molecule has 1 rings (SSSR count). The van der Waals surface area contributed by atoms with Crippen LogP contribution in [0.4, 0.5) is 0 Å². The standard InChI is InChI=1S/C12H23N3/c1-10(2)15-8-11(6-7-13)14(5)12(3,4)9-15/h10-11H,6,8-9H2,1-5H3. The molecule has 0 bridgehead atoms. The summed E-state index contributed by atoms with van der Waals surface area (Å²) in [5, 5.41) is 8.84. The molecule has 1 aliphatic heterocycles. The molecule has 1 atom stereocenters. The molecule has 1 unspecified atom stereocenters. The lowest BCUT2D eigenvalue weighted by molar-refractivity contribution is -0.0171. The summed E-state index contributed by atoms with van der Waals surface area (Å²) in [5.41, 5.74) is 0.171. The minimum Gasteiger partial charge on any atom is -0.298 e. The van der Waals surface area contributed by atoms with Crippen molar-refractivity contribution in [2.75, 3.05) is 20.1 Å². The van der Waals surface area contributed by atoms with Crippen LogP contribution in [0.3, 0.4) is 0 Å². The molecule has 15 heavy (non-hydrogen) atoms. The van der Waals surface area contributed by atoms with E-state index in [2.05, 4.69) is 50.6 Å². The predicted molar refractivity (Wildman–Crippen MR) is 62.6 cm³/mol. The van der Waals surface area contributed by atoms with E-state index in [-0.39, 0.29) is 5.54 Å². The van der Waals surface area contributed by atoms with Crippen LogP contribution < -0.4 is 0 Å². The highest BCUT2D eigenvalue weighted by Gasteiger charge is 2.37. The van der Waals surface area contributed by atoms with Gasteiger partial charge in [-0.25, -0.2) is 0 Å². The van der Waals surface area contributed by atoms with E-state index < -0.39 is 0 Å². The van der Waals surface area contributed by atoms with Crippen LogP contribution in [0.25, 0.3) is 0 Å². The molecule has 0 radical (unpaired) electrons. The average Bonchev–Trinajstić information content (AvgIpc) is 2.12. The summed E-state index contributed by atoms with van der Waals surface area (Å²) < 4.78 is 0.